The second-order valence-corrected chi connectivity index (χ2v) is 6.86. The number of hydrogen-bond donors (Lipinski definition) is 0. The molecule has 4 rings (SSSR count). The van der Waals surface area contributed by atoms with Crippen molar-refractivity contribution in [1.82, 2.24) is 9.47 Å². The van der Waals surface area contributed by atoms with Crippen LogP contribution in [-0.4, -0.2) is 22.2 Å². The van der Waals surface area contributed by atoms with Gasteiger partial charge < -0.3 is 9.47 Å². The fourth-order valence-corrected chi connectivity index (χ4v) is 3.52. The van der Waals surface area contributed by atoms with E-state index in [2.05, 4.69) is 54.0 Å². The molecule has 1 atom stereocenters. The third-order valence-electron chi connectivity index (χ3n) is 4.91. The van der Waals surface area contributed by atoms with Crippen molar-refractivity contribution in [3.05, 3.63) is 59.4 Å². The molecule has 0 N–H and O–H groups in total. The lowest BCUT2D eigenvalue weighted by Gasteiger charge is -2.19. The molecule has 0 spiro atoms. The van der Waals surface area contributed by atoms with Crippen molar-refractivity contribution in [2.75, 3.05) is 7.05 Å². The number of benzene rings is 1. The molecule has 2 nitrogen and oxygen atoms in total. The van der Waals surface area contributed by atoms with E-state index >= 15 is 0 Å². The van der Waals surface area contributed by atoms with Crippen molar-refractivity contribution < 1.29 is 4.39 Å². The number of rotatable bonds is 1. The van der Waals surface area contributed by atoms with Gasteiger partial charge in [-0.1, -0.05) is 45.6 Å². The Morgan fingerprint density at radius 3 is 2.50 bits per heavy atom. The van der Waals surface area contributed by atoms with E-state index in [1.807, 2.05) is 26.0 Å². The van der Waals surface area contributed by atoms with Crippen LogP contribution in [0.25, 0.3) is 22.6 Å². The molecule has 1 unspecified atom stereocenters. The average molecular weight is 355 g/mol. The van der Waals surface area contributed by atoms with Gasteiger partial charge in [-0.2, -0.15) is 0 Å². The van der Waals surface area contributed by atoms with Gasteiger partial charge in [0.05, 0.1) is 0 Å². The largest absolute Gasteiger partial charge is 0.376 e. The van der Waals surface area contributed by atoms with Crippen LogP contribution >= 0.6 is 0 Å². The molecule has 140 valence electrons. The van der Waals surface area contributed by atoms with Gasteiger partial charge in [0.25, 0.3) is 0 Å². The first-order chi connectivity index (χ1) is 11.9. The molecule has 2 heterocycles. The monoisotopic (exact) mass is 354 g/mol. The number of allylic oxidation sites excluding steroid dienone is 4. The summed E-state index contributed by atoms with van der Waals surface area (Å²) in [5, 5.41) is 1.30. The minimum absolute atomic E-state index is 0. The molecular weight excluding hydrogens is 323 g/mol. The predicted octanol–water partition coefficient (Wildman–Crippen LogP) is 6.33. The predicted molar refractivity (Wildman–Crippen MR) is 113 cm³/mol. The van der Waals surface area contributed by atoms with E-state index in [9.17, 15) is 4.39 Å². The lowest BCUT2D eigenvalue weighted by atomic mass is 9.92. The average Bonchev–Trinajstić information content (AvgIpc) is 2.88. The molecule has 2 aromatic rings. The van der Waals surface area contributed by atoms with Crippen molar-refractivity contribution in [3.63, 3.8) is 0 Å². The summed E-state index contributed by atoms with van der Waals surface area (Å²) in [6.07, 6.45) is 10.3. The number of alkyl halides is 1. The highest BCUT2D eigenvalue weighted by Crippen LogP contribution is 2.34. The van der Waals surface area contributed by atoms with Crippen LogP contribution in [-0.2, 0) is 13.6 Å². The maximum atomic E-state index is 13.9. The summed E-state index contributed by atoms with van der Waals surface area (Å²) < 4.78 is 16.2. The molecule has 3 heteroatoms. The van der Waals surface area contributed by atoms with E-state index < -0.39 is 5.67 Å². The summed E-state index contributed by atoms with van der Waals surface area (Å²) in [7, 11) is 4.21. The van der Waals surface area contributed by atoms with E-state index in [0.717, 1.165) is 17.7 Å². The summed E-state index contributed by atoms with van der Waals surface area (Å²) in [5.41, 5.74) is 4.93. The van der Waals surface area contributed by atoms with Crippen LogP contribution in [0.1, 0.15) is 51.4 Å². The Balaban J connectivity index is 0.000000784. The van der Waals surface area contributed by atoms with Gasteiger partial charge in [0.15, 0.2) is 0 Å². The van der Waals surface area contributed by atoms with Crippen molar-refractivity contribution in [1.29, 1.82) is 0 Å². The highest BCUT2D eigenvalue weighted by molar-refractivity contribution is 5.92. The quantitative estimate of drug-likeness (QED) is 0.581. The molecule has 1 aliphatic carbocycles. The Labute approximate surface area is 157 Å². The molecule has 0 amide bonds. The molecule has 0 bridgehead atoms. The van der Waals surface area contributed by atoms with Crippen LogP contribution < -0.4 is 0 Å². The van der Waals surface area contributed by atoms with E-state index in [-0.39, 0.29) is 7.43 Å². The molecule has 2 aliphatic rings. The third kappa shape index (κ3) is 3.48. The maximum absolute atomic E-state index is 13.9. The zero-order valence-corrected chi connectivity index (χ0v) is 15.8. The first-order valence-electron chi connectivity index (χ1n) is 9.03. The molecule has 0 fully saturated rings. The van der Waals surface area contributed by atoms with Gasteiger partial charge in [0.2, 0.25) is 0 Å². The zero-order valence-electron chi connectivity index (χ0n) is 15.8. The molecule has 0 radical (unpaired) electrons. The topological polar surface area (TPSA) is 8.17 Å². The summed E-state index contributed by atoms with van der Waals surface area (Å²) in [5.74, 6) is 0. The highest BCUT2D eigenvalue weighted by Gasteiger charge is 2.22. The maximum Gasteiger partial charge on any atom is 0.130 e. The molecule has 1 aliphatic heterocycles. The van der Waals surface area contributed by atoms with Crippen molar-refractivity contribution in [3.8, 4) is 0 Å². The van der Waals surface area contributed by atoms with Crippen LogP contribution in [0.3, 0.4) is 0 Å². The smallest absolute Gasteiger partial charge is 0.130 e. The minimum Gasteiger partial charge on any atom is -0.376 e. The minimum atomic E-state index is -1.22. The zero-order chi connectivity index (χ0) is 18.2. The number of fused-ring (bicyclic) bond motifs is 3. The van der Waals surface area contributed by atoms with Gasteiger partial charge in [-0.25, -0.2) is 4.39 Å². The molecular formula is C23H31FN2. The standard InChI is InChI=1S/C20H21FN2.C2H6.CH4/c1-20(21)9-6-14(7-10-20)15-4-5-16-17-13-22(2)11-8-18(17)23(3)19(16)12-15;1-2;/h4-9,11-12H,10,13H2,1-3H3;1-2H3;1H4. The van der Waals surface area contributed by atoms with E-state index in [1.54, 1.807) is 13.0 Å². The van der Waals surface area contributed by atoms with Crippen LogP contribution in [0.15, 0.2) is 42.6 Å². The van der Waals surface area contributed by atoms with Crippen LogP contribution in [0.5, 0.6) is 0 Å². The lowest BCUT2D eigenvalue weighted by Crippen LogP contribution is -2.14. The normalized spacial score (nSPS) is 20.8. The van der Waals surface area contributed by atoms with E-state index in [4.69, 9.17) is 0 Å². The molecule has 26 heavy (non-hydrogen) atoms. The van der Waals surface area contributed by atoms with Crippen LogP contribution in [0.2, 0.25) is 0 Å². The van der Waals surface area contributed by atoms with Gasteiger partial charge in [0, 0.05) is 55.4 Å². The summed E-state index contributed by atoms with van der Waals surface area (Å²) in [6.45, 7) is 6.55. The Morgan fingerprint density at radius 2 is 1.85 bits per heavy atom. The Morgan fingerprint density at radius 1 is 1.12 bits per heavy atom. The van der Waals surface area contributed by atoms with E-state index in [1.165, 1.54) is 22.2 Å². The third-order valence-corrected chi connectivity index (χ3v) is 4.91. The second kappa shape index (κ2) is 7.53. The number of aromatic nitrogens is 1. The van der Waals surface area contributed by atoms with Gasteiger partial charge in [-0.05, 0) is 36.3 Å². The van der Waals surface area contributed by atoms with Crippen LogP contribution in [0.4, 0.5) is 4.39 Å². The highest BCUT2D eigenvalue weighted by atomic mass is 19.1. The number of hydrogen-bond acceptors (Lipinski definition) is 1. The fraction of sp³-hybridized carbons (Fsp3) is 0.391. The van der Waals surface area contributed by atoms with Crippen molar-refractivity contribution >= 4 is 22.6 Å². The SMILES string of the molecule is C.CC.CN1C=Cc2c(c3ccc(C4=CCC(C)(F)C=C4)cc3n2C)C1. The molecule has 0 saturated heterocycles. The van der Waals surface area contributed by atoms with Gasteiger partial charge in [-0.15, -0.1) is 0 Å². The number of nitrogens with zero attached hydrogens (tertiary/aromatic N) is 2. The molecule has 1 aromatic heterocycles. The van der Waals surface area contributed by atoms with Gasteiger partial charge in [0.1, 0.15) is 5.67 Å². The summed E-state index contributed by atoms with van der Waals surface area (Å²) >= 11 is 0. The lowest BCUT2D eigenvalue weighted by molar-refractivity contribution is 0.260. The molecule has 1 aromatic carbocycles. The fourth-order valence-electron chi connectivity index (χ4n) is 3.52. The Bertz CT molecular complexity index is 881. The first kappa shape index (κ1) is 20.0. The van der Waals surface area contributed by atoms with Crippen molar-refractivity contribution in [2.45, 2.75) is 46.8 Å². The summed E-state index contributed by atoms with van der Waals surface area (Å²) in [4.78, 5) is 2.20. The number of aryl methyl sites for hydroxylation is 1. The van der Waals surface area contributed by atoms with Gasteiger partial charge in [-0.3, -0.25) is 0 Å². The Kier molecular flexibility index (Phi) is 5.80. The van der Waals surface area contributed by atoms with Crippen molar-refractivity contribution in [2.24, 2.45) is 7.05 Å². The molecule has 0 saturated carbocycles. The summed E-state index contributed by atoms with van der Waals surface area (Å²) in [6, 6.07) is 6.57. The second-order valence-electron chi connectivity index (χ2n) is 6.86. The van der Waals surface area contributed by atoms with Gasteiger partial charge >= 0.3 is 0 Å². The first-order valence-corrected chi connectivity index (χ1v) is 9.03. The van der Waals surface area contributed by atoms with Crippen LogP contribution in [0, 0.1) is 0 Å². The van der Waals surface area contributed by atoms with E-state index in [0.29, 0.717) is 6.42 Å². The number of halogens is 1. The Hall–Kier alpha value is -2.29.